The van der Waals surface area contributed by atoms with Gasteiger partial charge in [0.2, 0.25) is 5.91 Å². The minimum atomic E-state index is 0.177. The number of halogens is 1. The highest BCUT2D eigenvalue weighted by atomic mass is 79.9. The number of carbonyl (C=O) groups is 1. The number of amides is 1. The van der Waals surface area contributed by atoms with Crippen LogP contribution >= 0.6 is 27.7 Å². The Morgan fingerprint density at radius 2 is 1.52 bits per heavy atom. The third kappa shape index (κ3) is 3.01. The van der Waals surface area contributed by atoms with Crippen LogP contribution in [0.25, 0.3) is 0 Å². The van der Waals surface area contributed by atoms with Crippen molar-refractivity contribution in [3.05, 3.63) is 48.5 Å². The van der Waals surface area contributed by atoms with Crippen molar-refractivity contribution in [1.29, 1.82) is 0 Å². The monoisotopic (exact) mass is 361 g/mol. The molecule has 2 aromatic carbocycles. The van der Waals surface area contributed by atoms with Crippen LogP contribution in [0.2, 0.25) is 0 Å². The molecule has 3 rings (SSSR count). The summed E-state index contributed by atoms with van der Waals surface area (Å²) in [6.07, 6.45) is 2.52. The van der Waals surface area contributed by atoms with E-state index in [-0.39, 0.29) is 5.91 Å². The van der Waals surface area contributed by atoms with Crippen molar-refractivity contribution in [2.75, 3.05) is 10.2 Å². The molecule has 0 radical (unpaired) electrons. The van der Waals surface area contributed by atoms with Gasteiger partial charge in [-0.1, -0.05) is 52.0 Å². The van der Waals surface area contributed by atoms with E-state index in [1.165, 1.54) is 0 Å². The first-order valence-electron chi connectivity index (χ1n) is 7.06. The maximum atomic E-state index is 12.7. The molecule has 108 valence electrons. The van der Waals surface area contributed by atoms with Gasteiger partial charge in [0.05, 0.1) is 11.4 Å². The Kier molecular flexibility index (Phi) is 4.66. The lowest BCUT2D eigenvalue weighted by atomic mass is 10.1. The molecule has 0 N–H and O–H groups in total. The van der Waals surface area contributed by atoms with Crippen LogP contribution in [0.5, 0.6) is 0 Å². The largest absolute Gasteiger partial charge is 0.279 e. The molecule has 0 atom stereocenters. The van der Waals surface area contributed by atoms with Crippen molar-refractivity contribution in [3.63, 3.8) is 0 Å². The van der Waals surface area contributed by atoms with Crippen LogP contribution in [0, 0.1) is 0 Å². The van der Waals surface area contributed by atoms with Crippen LogP contribution in [0.1, 0.15) is 19.3 Å². The Labute approximate surface area is 137 Å². The number of para-hydroxylation sites is 2. The fraction of sp³-hybridized carbons (Fsp3) is 0.235. The van der Waals surface area contributed by atoms with Crippen LogP contribution in [0.3, 0.4) is 0 Å². The molecular weight excluding hydrogens is 346 g/mol. The van der Waals surface area contributed by atoms with Gasteiger partial charge >= 0.3 is 0 Å². The first kappa shape index (κ1) is 14.7. The Morgan fingerprint density at radius 1 is 0.952 bits per heavy atom. The van der Waals surface area contributed by atoms with E-state index >= 15 is 0 Å². The topological polar surface area (TPSA) is 20.3 Å². The molecule has 0 saturated heterocycles. The molecule has 0 spiro atoms. The predicted octanol–water partition coefficient (Wildman–Crippen LogP) is 5.38. The zero-order valence-corrected chi connectivity index (χ0v) is 14.0. The second-order valence-corrected chi connectivity index (χ2v) is 6.79. The first-order chi connectivity index (χ1) is 10.3. The van der Waals surface area contributed by atoms with Gasteiger partial charge in [0, 0.05) is 21.5 Å². The van der Waals surface area contributed by atoms with Gasteiger partial charge in [-0.15, -0.1) is 0 Å². The summed E-state index contributed by atoms with van der Waals surface area (Å²) in [5.41, 5.74) is 2.01. The molecule has 2 nitrogen and oxygen atoms in total. The highest BCUT2D eigenvalue weighted by Crippen LogP contribution is 2.48. The summed E-state index contributed by atoms with van der Waals surface area (Å²) in [6.45, 7) is 0. The molecule has 21 heavy (non-hydrogen) atoms. The van der Waals surface area contributed by atoms with E-state index < -0.39 is 0 Å². The highest BCUT2D eigenvalue weighted by molar-refractivity contribution is 9.09. The molecular formula is C17H16BrNOS. The van der Waals surface area contributed by atoms with E-state index in [4.69, 9.17) is 0 Å². The van der Waals surface area contributed by atoms with Crippen molar-refractivity contribution in [1.82, 2.24) is 0 Å². The number of alkyl halides is 1. The lowest BCUT2D eigenvalue weighted by molar-refractivity contribution is -0.118. The summed E-state index contributed by atoms with van der Waals surface area (Å²) in [5, 5.41) is 0.948. The summed E-state index contributed by atoms with van der Waals surface area (Å²) < 4.78 is 0. The number of fused-ring (bicyclic) bond motifs is 2. The molecule has 1 amide bonds. The lowest BCUT2D eigenvalue weighted by Crippen LogP contribution is -2.28. The van der Waals surface area contributed by atoms with Crippen LogP contribution < -0.4 is 4.90 Å². The van der Waals surface area contributed by atoms with Crippen LogP contribution in [0.15, 0.2) is 58.3 Å². The van der Waals surface area contributed by atoms with Crippen LogP contribution in [0.4, 0.5) is 11.4 Å². The van der Waals surface area contributed by atoms with E-state index in [9.17, 15) is 4.79 Å². The Bertz CT molecular complexity index is 613. The molecule has 1 heterocycles. The number of anilines is 2. The highest BCUT2D eigenvalue weighted by Gasteiger charge is 2.27. The smallest absolute Gasteiger partial charge is 0.231 e. The van der Waals surface area contributed by atoms with Gasteiger partial charge in [-0.2, -0.15) is 0 Å². The summed E-state index contributed by atoms with van der Waals surface area (Å²) in [6, 6.07) is 16.2. The summed E-state index contributed by atoms with van der Waals surface area (Å²) >= 11 is 5.15. The number of carbonyl (C=O) groups excluding carboxylic acids is 1. The van der Waals surface area contributed by atoms with Crippen LogP contribution in [-0.4, -0.2) is 11.2 Å². The average Bonchev–Trinajstić information content (AvgIpc) is 2.52. The van der Waals surface area contributed by atoms with Crippen molar-refractivity contribution in [3.8, 4) is 0 Å². The van der Waals surface area contributed by atoms with E-state index in [0.29, 0.717) is 6.42 Å². The number of hydrogen-bond acceptors (Lipinski definition) is 2. The number of unbranched alkanes of at least 4 members (excludes halogenated alkanes) is 1. The first-order valence-corrected chi connectivity index (χ1v) is 9.00. The molecule has 1 aliphatic heterocycles. The zero-order valence-electron chi connectivity index (χ0n) is 11.6. The maximum absolute atomic E-state index is 12.7. The van der Waals surface area contributed by atoms with E-state index in [0.717, 1.165) is 39.3 Å². The minimum Gasteiger partial charge on any atom is -0.279 e. The van der Waals surface area contributed by atoms with E-state index in [2.05, 4.69) is 28.1 Å². The Balaban J connectivity index is 1.96. The van der Waals surface area contributed by atoms with Crippen molar-refractivity contribution >= 4 is 45.0 Å². The molecule has 0 bridgehead atoms. The molecule has 0 saturated carbocycles. The molecule has 0 unspecified atom stereocenters. The maximum Gasteiger partial charge on any atom is 0.231 e. The number of hydrogen-bond donors (Lipinski definition) is 0. The van der Waals surface area contributed by atoms with Crippen molar-refractivity contribution < 1.29 is 4.79 Å². The standard InChI is InChI=1S/C17H16BrNOS/c18-12-6-5-11-17(20)19-13-7-1-3-9-15(13)21-16-10-4-2-8-14(16)19/h1-4,7-10H,5-6,11-12H2. The van der Waals surface area contributed by atoms with Gasteiger partial charge < -0.3 is 0 Å². The number of rotatable bonds is 4. The fourth-order valence-electron chi connectivity index (χ4n) is 2.46. The number of nitrogens with zero attached hydrogens (tertiary/aromatic N) is 1. The summed E-state index contributed by atoms with van der Waals surface area (Å²) in [4.78, 5) is 16.9. The lowest BCUT2D eigenvalue weighted by Gasteiger charge is -2.31. The Morgan fingerprint density at radius 3 is 2.10 bits per heavy atom. The van der Waals surface area contributed by atoms with Gasteiger partial charge in [0.25, 0.3) is 0 Å². The summed E-state index contributed by atoms with van der Waals surface area (Å²) in [7, 11) is 0. The van der Waals surface area contributed by atoms with Crippen molar-refractivity contribution in [2.45, 2.75) is 29.1 Å². The quantitative estimate of drug-likeness (QED) is 0.538. The number of benzene rings is 2. The predicted molar refractivity (Wildman–Crippen MR) is 91.8 cm³/mol. The molecule has 0 fully saturated rings. The van der Waals surface area contributed by atoms with Gasteiger partial charge in [0.1, 0.15) is 0 Å². The Hall–Kier alpha value is -1.26. The fourth-order valence-corrected chi connectivity index (χ4v) is 3.91. The normalized spacial score (nSPS) is 12.7. The second-order valence-electron chi connectivity index (χ2n) is 4.91. The van der Waals surface area contributed by atoms with Gasteiger partial charge in [-0.25, -0.2) is 0 Å². The molecule has 2 aromatic rings. The molecule has 4 heteroatoms. The third-order valence-electron chi connectivity index (χ3n) is 3.46. The molecule has 0 aromatic heterocycles. The SMILES string of the molecule is O=C(CCCCBr)N1c2ccccc2Sc2ccccc21. The second kappa shape index (κ2) is 6.67. The van der Waals surface area contributed by atoms with E-state index in [1.807, 2.05) is 41.3 Å². The van der Waals surface area contributed by atoms with Crippen LogP contribution in [-0.2, 0) is 4.79 Å². The van der Waals surface area contributed by atoms with Gasteiger partial charge in [-0.3, -0.25) is 9.69 Å². The van der Waals surface area contributed by atoms with E-state index in [1.54, 1.807) is 11.8 Å². The third-order valence-corrected chi connectivity index (χ3v) is 5.15. The summed E-state index contributed by atoms with van der Waals surface area (Å²) in [5.74, 6) is 0.177. The average molecular weight is 362 g/mol. The van der Waals surface area contributed by atoms with Crippen molar-refractivity contribution in [2.24, 2.45) is 0 Å². The minimum absolute atomic E-state index is 0.177. The zero-order chi connectivity index (χ0) is 14.7. The molecule has 1 aliphatic rings. The van der Waals surface area contributed by atoms with Gasteiger partial charge in [-0.05, 0) is 37.1 Å². The molecule has 0 aliphatic carbocycles. The van der Waals surface area contributed by atoms with Gasteiger partial charge in [0.15, 0.2) is 0 Å².